The molecule has 0 radical (unpaired) electrons. The first-order chi connectivity index (χ1) is 9.51. The molecule has 1 saturated heterocycles. The number of halogens is 2. The summed E-state index contributed by atoms with van der Waals surface area (Å²) in [5, 5.41) is 2.97. The van der Waals surface area contributed by atoms with Gasteiger partial charge in [-0.3, -0.25) is 9.59 Å². The number of nitrogens with one attached hydrogen (secondary N) is 1. The normalized spacial score (nSPS) is 19.1. The number of carbonyl (C=O) groups excluding carboxylic acids is 2. The second kappa shape index (κ2) is 6.22. The van der Waals surface area contributed by atoms with Gasteiger partial charge in [-0.1, -0.05) is 31.0 Å². The highest BCUT2D eigenvalue weighted by Gasteiger charge is 2.32. The lowest BCUT2D eigenvalue weighted by Gasteiger charge is -2.32. The van der Waals surface area contributed by atoms with Crippen molar-refractivity contribution in [1.29, 1.82) is 0 Å². The van der Waals surface area contributed by atoms with Gasteiger partial charge in [0.25, 0.3) is 0 Å². The van der Waals surface area contributed by atoms with E-state index in [0.29, 0.717) is 17.0 Å². The zero-order valence-corrected chi connectivity index (χ0v) is 11.9. The molecule has 1 aromatic carbocycles. The fraction of sp³-hybridized carbons (Fsp3) is 0.429. The molecule has 0 aliphatic carbocycles. The highest BCUT2D eigenvalue weighted by Crippen LogP contribution is 2.18. The third kappa shape index (κ3) is 3.28. The van der Waals surface area contributed by atoms with Crippen LogP contribution in [0.4, 0.5) is 4.39 Å². The van der Waals surface area contributed by atoms with E-state index in [-0.39, 0.29) is 24.9 Å². The van der Waals surface area contributed by atoms with Crippen LogP contribution >= 0.6 is 11.6 Å². The molecule has 1 unspecified atom stereocenters. The Hall–Kier alpha value is -1.62. The molecule has 2 rings (SSSR count). The predicted molar refractivity (Wildman–Crippen MR) is 73.7 cm³/mol. The monoisotopic (exact) mass is 298 g/mol. The minimum Gasteiger partial charge on any atom is -0.343 e. The largest absolute Gasteiger partial charge is 0.343 e. The fourth-order valence-electron chi connectivity index (χ4n) is 2.25. The molecule has 108 valence electrons. The van der Waals surface area contributed by atoms with Crippen LogP contribution in [0.2, 0.25) is 5.02 Å². The molecule has 2 amide bonds. The van der Waals surface area contributed by atoms with E-state index >= 15 is 0 Å². The van der Waals surface area contributed by atoms with Crippen molar-refractivity contribution in [3.63, 3.8) is 0 Å². The van der Waals surface area contributed by atoms with Gasteiger partial charge in [-0.25, -0.2) is 4.39 Å². The second-order valence-corrected chi connectivity index (χ2v) is 5.28. The van der Waals surface area contributed by atoms with E-state index < -0.39 is 11.9 Å². The smallest absolute Gasteiger partial charge is 0.245 e. The zero-order valence-electron chi connectivity index (χ0n) is 11.2. The Bertz CT molecular complexity index is 536. The van der Waals surface area contributed by atoms with Gasteiger partial charge in [0.2, 0.25) is 11.8 Å². The summed E-state index contributed by atoms with van der Waals surface area (Å²) in [6.07, 6.45) is 1.38. The Morgan fingerprint density at radius 3 is 2.85 bits per heavy atom. The van der Waals surface area contributed by atoms with Crippen molar-refractivity contribution in [2.24, 2.45) is 0 Å². The molecule has 0 aromatic heterocycles. The van der Waals surface area contributed by atoms with Crippen LogP contribution in [0.5, 0.6) is 0 Å². The van der Waals surface area contributed by atoms with Crippen molar-refractivity contribution >= 4 is 23.4 Å². The third-order valence-electron chi connectivity index (χ3n) is 3.23. The molecule has 20 heavy (non-hydrogen) atoms. The summed E-state index contributed by atoms with van der Waals surface area (Å²) in [5.74, 6) is -0.846. The molecule has 1 aromatic rings. The molecule has 1 aliphatic rings. The van der Waals surface area contributed by atoms with E-state index in [0.717, 1.165) is 6.42 Å². The van der Waals surface area contributed by atoms with E-state index in [4.69, 9.17) is 11.6 Å². The summed E-state index contributed by atoms with van der Waals surface area (Å²) in [6, 6.07) is 3.80. The molecule has 1 fully saturated rings. The molecule has 1 atom stereocenters. The van der Waals surface area contributed by atoms with Crippen molar-refractivity contribution < 1.29 is 14.0 Å². The van der Waals surface area contributed by atoms with Crippen LogP contribution < -0.4 is 5.32 Å². The van der Waals surface area contributed by atoms with Gasteiger partial charge < -0.3 is 10.2 Å². The van der Waals surface area contributed by atoms with Gasteiger partial charge in [-0.2, -0.15) is 0 Å². The first kappa shape index (κ1) is 14.8. The molecule has 0 spiro atoms. The predicted octanol–water partition coefficient (Wildman–Crippen LogP) is 2.11. The average Bonchev–Trinajstić information content (AvgIpc) is 2.38. The van der Waals surface area contributed by atoms with Crippen LogP contribution in [0.1, 0.15) is 25.3 Å². The Morgan fingerprint density at radius 1 is 1.45 bits per heavy atom. The molecule has 1 N–H and O–H groups in total. The van der Waals surface area contributed by atoms with Crippen molar-refractivity contribution in [2.45, 2.75) is 32.4 Å². The quantitative estimate of drug-likeness (QED) is 0.925. The van der Waals surface area contributed by atoms with Crippen LogP contribution in [0.15, 0.2) is 18.2 Å². The Morgan fingerprint density at radius 2 is 2.20 bits per heavy atom. The number of hydrogen-bond acceptors (Lipinski definition) is 2. The average molecular weight is 299 g/mol. The van der Waals surface area contributed by atoms with Crippen LogP contribution in [-0.2, 0) is 16.1 Å². The van der Waals surface area contributed by atoms with Gasteiger partial charge in [0.15, 0.2) is 0 Å². The summed E-state index contributed by atoms with van der Waals surface area (Å²) in [7, 11) is 0. The van der Waals surface area contributed by atoms with Crippen LogP contribution in [-0.4, -0.2) is 29.3 Å². The molecular weight excluding hydrogens is 283 g/mol. The Balaban J connectivity index is 2.14. The highest BCUT2D eigenvalue weighted by molar-refractivity contribution is 6.30. The highest BCUT2D eigenvalue weighted by atomic mass is 35.5. The van der Waals surface area contributed by atoms with Gasteiger partial charge in [0.05, 0.1) is 6.54 Å². The molecule has 1 aliphatic heterocycles. The number of rotatable bonds is 4. The number of carbonyl (C=O) groups is 2. The maximum atomic E-state index is 13.8. The van der Waals surface area contributed by atoms with Crippen LogP contribution in [0.25, 0.3) is 0 Å². The number of piperazine rings is 1. The van der Waals surface area contributed by atoms with Gasteiger partial charge in [-0.05, 0) is 18.6 Å². The third-order valence-corrected chi connectivity index (χ3v) is 3.47. The van der Waals surface area contributed by atoms with Crippen LogP contribution in [0.3, 0.4) is 0 Å². The lowest BCUT2D eigenvalue weighted by molar-refractivity contribution is -0.145. The minimum absolute atomic E-state index is 0.0406. The first-order valence-electron chi connectivity index (χ1n) is 6.53. The number of benzene rings is 1. The first-order valence-corrected chi connectivity index (χ1v) is 6.91. The molecule has 1 heterocycles. The fourth-order valence-corrected chi connectivity index (χ4v) is 2.41. The van der Waals surface area contributed by atoms with Crippen molar-refractivity contribution in [3.8, 4) is 0 Å². The summed E-state index contributed by atoms with van der Waals surface area (Å²) >= 11 is 5.69. The summed E-state index contributed by atoms with van der Waals surface area (Å²) in [5.41, 5.74) is 0.354. The van der Waals surface area contributed by atoms with Gasteiger partial charge in [0, 0.05) is 17.1 Å². The number of nitrogens with zero attached hydrogens (tertiary/aromatic N) is 1. The number of hydrogen-bond donors (Lipinski definition) is 1. The molecule has 0 saturated carbocycles. The van der Waals surface area contributed by atoms with Crippen LogP contribution in [0, 0.1) is 5.82 Å². The summed E-state index contributed by atoms with van der Waals surface area (Å²) in [4.78, 5) is 25.2. The SMILES string of the molecule is CCCC1NC(=O)CN(Cc2ccc(Cl)cc2F)C1=O. The van der Waals surface area contributed by atoms with E-state index in [9.17, 15) is 14.0 Å². The van der Waals surface area contributed by atoms with Gasteiger partial charge in [-0.15, -0.1) is 0 Å². The molecule has 6 heteroatoms. The van der Waals surface area contributed by atoms with E-state index in [1.807, 2.05) is 6.92 Å². The topological polar surface area (TPSA) is 49.4 Å². The van der Waals surface area contributed by atoms with Gasteiger partial charge >= 0.3 is 0 Å². The Labute approximate surface area is 121 Å². The van der Waals surface area contributed by atoms with E-state index in [2.05, 4.69) is 5.32 Å². The number of amides is 2. The molecular formula is C14H16ClFN2O2. The Kier molecular flexibility index (Phi) is 4.60. The van der Waals surface area contributed by atoms with Crippen molar-refractivity contribution in [1.82, 2.24) is 10.2 Å². The standard InChI is InChI=1S/C14H16ClFN2O2/c1-2-3-12-14(20)18(8-13(19)17-12)7-9-4-5-10(15)6-11(9)16/h4-6,12H,2-3,7-8H2,1H3,(H,17,19). The van der Waals surface area contributed by atoms with E-state index in [1.165, 1.54) is 17.0 Å². The minimum atomic E-state index is -0.503. The summed E-state index contributed by atoms with van der Waals surface area (Å²) in [6.45, 7) is 1.98. The lowest BCUT2D eigenvalue weighted by Crippen LogP contribution is -2.57. The lowest BCUT2D eigenvalue weighted by atomic mass is 10.1. The summed E-state index contributed by atoms with van der Waals surface area (Å²) < 4.78 is 13.8. The van der Waals surface area contributed by atoms with Crippen molar-refractivity contribution in [3.05, 3.63) is 34.6 Å². The maximum Gasteiger partial charge on any atom is 0.245 e. The van der Waals surface area contributed by atoms with Crippen molar-refractivity contribution in [2.75, 3.05) is 6.54 Å². The van der Waals surface area contributed by atoms with Gasteiger partial charge in [0.1, 0.15) is 11.9 Å². The maximum absolute atomic E-state index is 13.8. The second-order valence-electron chi connectivity index (χ2n) is 4.84. The zero-order chi connectivity index (χ0) is 14.7. The molecule has 0 bridgehead atoms. The molecule has 4 nitrogen and oxygen atoms in total. The van der Waals surface area contributed by atoms with E-state index in [1.54, 1.807) is 6.07 Å².